The Hall–Kier alpha value is -2.08. The van der Waals surface area contributed by atoms with Crippen molar-refractivity contribution in [3.63, 3.8) is 0 Å². The Labute approximate surface area is 130 Å². The van der Waals surface area contributed by atoms with Crippen LogP contribution in [0, 0.1) is 0 Å². The van der Waals surface area contributed by atoms with Gasteiger partial charge in [-0.25, -0.2) is 0 Å². The van der Waals surface area contributed by atoms with Crippen LogP contribution in [0.4, 0.5) is 11.4 Å². The molecule has 0 bridgehead atoms. The first-order valence-corrected chi connectivity index (χ1v) is 7.45. The Balaban J connectivity index is 1.98. The molecule has 1 aliphatic carbocycles. The number of rotatable bonds is 6. The van der Waals surface area contributed by atoms with E-state index in [-0.39, 0.29) is 24.5 Å². The fourth-order valence-electron chi connectivity index (χ4n) is 2.49. The van der Waals surface area contributed by atoms with E-state index in [0.29, 0.717) is 17.1 Å². The van der Waals surface area contributed by atoms with Crippen LogP contribution in [0.15, 0.2) is 18.2 Å². The van der Waals surface area contributed by atoms with Crippen molar-refractivity contribution in [2.75, 3.05) is 24.4 Å². The lowest BCUT2D eigenvalue weighted by Crippen LogP contribution is -2.22. The van der Waals surface area contributed by atoms with E-state index in [2.05, 4.69) is 10.6 Å². The highest BCUT2D eigenvalue weighted by Crippen LogP contribution is 2.27. The van der Waals surface area contributed by atoms with Crippen LogP contribution in [0.1, 0.15) is 32.6 Å². The van der Waals surface area contributed by atoms with Crippen molar-refractivity contribution in [2.45, 2.75) is 38.7 Å². The Bertz CT molecular complexity index is 539. The van der Waals surface area contributed by atoms with Crippen LogP contribution in [-0.4, -0.2) is 31.6 Å². The molecule has 0 aliphatic heterocycles. The van der Waals surface area contributed by atoms with Crippen molar-refractivity contribution in [3.8, 4) is 5.75 Å². The van der Waals surface area contributed by atoms with Crippen molar-refractivity contribution in [3.05, 3.63) is 18.2 Å². The van der Waals surface area contributed by atoms with E-state index in [9.17, 15) is 9.59 Å². The summed E-state index contributed by atoms with van der Waals surface area (Å²) in [4.78, 5) is 23.2. The van der Waals surface area contributed by atoms with Gasteiger partial charge >= 0.3 is 0 Å². The maximum absolute atomic E-state index is 12.0. The fourth-order valence-corrected chi connectivity index (χ4v) is 2.49. The minimum absolute atomic E-state index is 0.0153. The molecule has 6 nitrogen and oxygen atoms in total. The highest BCUT2D eigenvalue weighted by molar-refractivity contribution is 5.99. The molecule has 1 saturated carbocycles. The monoisotopic (exact) mass is 306 g/mol. The number of methoxy groups -OCH3 is 1. The van der Waals surface area contributed by atoms with E-state index in [1.807, 2.05) is 0 Å². The third kappa shape index (κ3) is 4.73. The van der Waals surface area contributed by atoms with Gasteiger partial charge in [-0.2, -0.15) is 0 Å². The lowest BCUT2D eigenvalue weighted by atomic mass is 10.2. The first-order valence-electron chi connectivity index (χ1n) is 7.45. The number of benzene rings is 1. The summed E-state index contributed by atoms with van der Waals surface area (Å²) in [7, 11) is 1.54. The molecular formula is C16H22N2O4. The number of amides is 2. The minimum atomic E-state index is -0.244. The molecular weight excluding hydrogens is 284 g/mol. The largest absolute Gasteiger partial charge is 0.497 e. The molecule has 22 heavy (non-hydrogen) atoms. The van der Waals surface area contributed by atoms with Gasteiger partial charge in [0.15, 0.2) is 0 Å². The third-order valence-electron chi connectivity index (χ3n) is 3.56. The van der Waals surface area contributed by atoms with Crippen molar-refractivity contribution in [1.82, 2.24) is 0 Å². The van der Waals surface area contributed by atoms with Gasteiger partial charge in [-0.15, -0.1) is 0 Å². The zero-order chi connectivity index (χ0) is 15.9. The lowest BCUT2D eigenvalue weighted by molar-refractivity contribution is -0.122. The molecule has 2 amide bonds. The highest BCUT2D eigenvalue weighted by Gasteiger charge is 2.17. The van der Waals surface area contributed by atoms with Gasteiger partial charge < -0.3 is 20.1 Å². The van der Waals surface area contributed by atoms with Gasteiger partial charge in [-0.05, 0) is 25.0 Å². The molecule has 1 fully saturated rings. The Morgan fingerprint density at radius 2 is 1.91 bits per heavy atom. The summed E-state index contributed by atoms with van der Waals surface area (Å²) in [6.07, 6.45) is 4.54. The first-order chi connectivity index (χ1) is 10.6. The maximum Gasteiger partial charge on any atom is 0.250 e. The van der Waals surface area contributed by atoms with Gasteiger partial charge in [0.05, 0.1) is 24.6 Å². The second kappa shape index (κ2) is 7.79. The number of carbonyl (C=O) groups excluding carboxylic acids is 2. The Kier molecular flexibility index (Phi) is 5.77. The first kappa shape index (κ1) is 16.3. The van der Waals surface area contributed by atoms with Crippen LogP contribution in [0.3, 0.4) is 0 Å². The summed E-state index contributed by atoms with van der Waals surface area (Å²) in [5, 5.41) is 5.43. The Morgan fingerprint density at radius 3 is 2.55 bits per heavy atom. The molecule has 2 N–H and O–H groups in total. The molecule has 0 atom stereocenters. The maximum atomic E-state index is 12.0. The lowest BCUT2D eigenvalue weighted by Gasteiger charge is -2.14. The van der Waals surface area contributed by atoms with Crippen molar-refractivity contribution in [2.24, 2.45) is 0 Å². The van der Waals surface area contributed by atoms with E-state index < -0.39 is 0 Å². The summed E-state index contributed by atoms with van der Waals surface area (Å²) in [5.74, 6) is 0.149. The molecule has 0 heterocycles. The van der Waals surface area contributed by atoms with E-state index in [1.54, 1.807) is 25.3 Å². The van der Waals surface area contributed by atoms with Crippen LogP contribution in [-0.2, 0) is 14.3 Å². The number of anilines is 2. The average Bonchev–Trinajstić information content (AvgIpc) is 3.00. The molecule has 120 valence electrons. The normalized spacial score (nSPS) is 14.6. The summed E-state index contributed by atoms with van der Waals surface area (Å²) >= 11 is 0. The second-order valence-corrected chi connectivity index (χ2v) is 5.36. The molecule has 1 aromatic rings. The molecule has 1 aliphatic rings. The van der Waals surface area contributed by atoms with E-state index in [4.69, 9.17) is 9.47 Å². The number of ether oxygens (including phenoxy) is 2. The summed E-state index contributed by atoms with van der Waals surface area (Å²) in [6.45, 7) is 1.43. The molecule has 0 radical (unpaired) electrons. The summed E-state index contributed by atoms with van der Waals surface area (Å²) in [5.41, 5.74) is 1.03. The SMILES string of the molecule is COc1ccc(NC(C)=O)c(NC(=O)COC2CCCC2)c1. The predicted octanol–water partition coefficient (Wildman–Crippen LogP) is 2.55. The van der Waals surface area contributed by atoms with Crippen molar-refractivity contribution < 1.29 is 19.1 Å². The zero-order valence-corrected chi connectivity index (χ0v) is 13.0. The standard InChI is InChI=1S/C16H22N2O4/c1-11(19)17-14-8-7-13(21-2)9-15(14)18-16(20)10-22-12-5-3-4-6-12/h7-9,12H,3-6,10H2,1-2H3,(H,17,19)(H,18,20). The Morgan fingerprint density at radius 1 is 1.18 bits per heavy atom. The number of nitrogens with one attached hydrogen (secondary N) is 2. The van der Waals surface area contributed by atoms with E-state index in [1.165, 1.54) is 6.92 Å². The zero-order valence-electron chi connectivity index (χ0n) is 13.0. The van der Waals surface area contributed by atoms with Crippen LogP contribution >= 0.6 is 0 Å². The van der Waals surface area contributed by atoms with Crippen molar-refractivity contribution in [1.29, 1.82) is 0 Å². The molecule has 0 unspecified atom stereocenters. The number of hydrogen-bond acceptors (Lipinski definition) is 4. The van der Waals surface area contributed by atoms with E-state index >= 15 is 0 Å². The topological polar surface area (TPSA) is 76.7 Å². The molecule has 0 spiro atoms. The molecule has 0 aromatic heterocycles. The highest BCUT2D eigenvalue weighted by atomic mass is 16.5. The number of carbonyl (C=O) groups is 2. The summed E-state index contributed by atoms with van der Waals surface area (Å²) < 4.78 is 10.7. The summed E-state index contributed by atoms with van der Waals surface area (Å²) in [6, 6.07) is 5.07. The van der Waals surface area contributed by atoms with Crippen molar-refractivity contribution >= 4 is 23.2 Å². The molecule has 1 aromatic carbocycles. The average molecular weight is 306 g/mol. The van der Waals surface area contributed by atoms with Crippen LogP contribution < -0.4 is 15.4 Å². The van der Waals surface area contributed by atoms with Crippen LogP contribution in [0.2, 0.25) is 0 Å². The van der Waals surface area contributed by atoms with Crippen LogP contribution in [0.5, 0.6) is 5.75 Å². The number of hydrogen-bond donors (Lipinski definition) is 2. The molecule has 0 saturated heterocycles. The molecule has 2 rings (SSSR count). The predicted molar refractivity (Wildman–Crippen MR) is 84.1 cm³/mol. The quantitative estimate of drug-likeness (QED) is 0.847. The van der Waals surface area contributed by atoms with Gasteiger partial charge in [-0.1, -0.05) is 12.8 Å². The third-order valence-corrected chi connectivity index (χ3v) is 3.56. The van der Waals surface area contributed by atoms with Gasteiger partial charge in [0.25, 0.3) is 0 Å². The van der Waals surface area contributed by atoms with Gasteiger partial charge in [0.2, 0.25) is 11.8 Å². The van der Waals surface area contributed by atoms with Gasteiger partial charge in [0, 0.05) is 13.0 Å². The van der Waals surface area contributed by atoms with Gasteiger partial charge in [-0.3, -0.25) is 9.59 Å². The molecule has 6 heteroatoms. The smallest absolute Gasteiger partial charge is 0.250 e. The minimum Gasteiger partial charge on any atom is -0.497 e. The van der Waals surface area contributed by atoms with E-state index in [0.717, 1.165) is 25.7 Å². The van der Waals surface area contributed by atoms with Gasteiger partial charge in [0.1, 0.15) is 12.4 Å². The van der Waals surface area contributed by atoms with Crippen LogP contribution in [0.25, 0.3) is 0 Å². The second-order valence-electron chi connectivity index (χ2n) is 5.36. The fraction of sp³-hybridized carbons (Fsp3) is 0.500.